The van der Waals surface area contributed by atoms with Crippen LogP contribution in [0.15, 0.2) is 12.1 Å². The van der Waals surface area contributed by atoms with Gasteiger partial charge in [-0.3, -0.25) is 0 Å². The van der Waals surface area contributed by atoms with Crippen LogP contribution in [0.3, 0.4) is 0 Å². The molecule has 0 atom stereocenters. The maximum atomic E-state index is 13.8. The minimum absolute atomic E-state index is 0.0432. The Morgan fingerprint density at radius 2 is 2.15 bits per heavy atom. The number of benzene rings is 1. The normalized spacial score (nSPS) is 10.7. The molecule has 106 valence electrons. The van der Waals surface area contributed by atoms with Gasteiger partial charge in [-0.2, -0.15) is 0 Å². The van der Waals surface area contributed by atoms with E-state index < -0.39 is 17.6 Å². The predicted octanol–water partition coefficient (Wildman–Crippen LogP) is 3.49. The molecule has 20 heavy (non-hydrogen) atoms. The third kappa shape index (κ3) is 2.65. The number of imidazole rings is 1. The first kappa shape index (κ1) is 14.5. The van der Waals surface area contributed by atoms with Crippen LogP contribution in [0.1, 0.15) is 23.1 Å². The fourth-order valence-electron chi connectivity index (χ4n) is 1.75. The third-order valence-corrected chi connectivity index (χ3v) is 2.90. The molecule has 0 radical (unpaired) electrons. The molecular formula is C13H11ClF2N2O2. The predicted molar refractivity (Wildman–Crippen MR) is 69.6 cm³/mol. The van der Waals surface area contributed by atoms with E-state index in [1.54, 1.807) is 13.8 Å². The summed E-state index contributed by atoms with van der Waals surface area (Å²) in [6, 6.07) is 1.67. The zero-order chi connectivity index (χ0) is 14.9. The van der Waals surface area contributed by atoms with Gasteiger partial charge in [0.25, 0.3) is 0 Å². The van der Waals surface area contributed by atoms with Crippen molar-refractivity contribution < 1.29 is 18.3 Å². The van der Waals surface area contributed by atoms with Gasteiger partial charge in [0.1, 0.15) is 17.5 Å². The van der Waals surface area contributed by atoms with Crippen molar-refractivity contribution in [3.05, 3.63) is 40.2 Å². The summed E-state index contributed by atoms with van der Waals surface area (Å²) in [5, 5.41) is -0.133. The van der Waals surface area contributed by atoms with Crippen LogP contribution in [0.25, 0.3) is 11.4 Å². The molecule has 0 aliphatic rings. The summed E-state index contributed by atoms with van der Waals surface area (Å²) in [7, 11) is 0. The van der Waals surface area contributed by atoms with Gasteiger partial charge in [-0.25, -0.2) is 18.6 Å². The lowest BCUT2D eigenvalue weighted by molar-refractivity contribution is 0.0519. The first-order chi connectivity index (χ1) is 9.43. The Hall–Kier alpha value is -1.95. The topological polar surface area (TPSA) is 55.0 Å². The van der Waals surface area contributed by atoms with Gasteiger partial charge in [0.05, 0.1) is 17.2 Å². The first-order valence-electron chi connectivity index (χ1n) is 5.82. The van der Waals surface area contributed by atoms with Crippen molar-refractivity contribution in [2.24, 2.45) is 0 Å². The van der Waals surface area contributed by atoms with E-state index in [9.17, 15) is 13.6 Å². The molecular weight excluding hydrogens is 290 g/mol. The third-order valence-electron chi connectivity index (χ3n) is 2.60. The average molecular weight is 301 g/mol. The number of aryl methyl sites for hydroxylation is 1. The van der Waals surface area contributed by atoms with Crippen molar-refractivity contribution in [2.75, 3.05) is 6.61 Å². The number of nitrogens with zero attached hydrogens (tertiary/aromatic N) is 1. The molecule has 0 bridgehead atoms. The van der Waals surface area contributed by atoms with E-state index in [-0.39, 0.29) is 28.7 Å². The number of esters is 1. The number of nitrogens with one attached hydrogen (secondary N) is 1. The molecule has 0 aliphatic carbocycles. The lowest BCUT2D eigenvalue weighted by Crippen LogP contribution is -2.06. The lowest BCUT2D eigenvalue weighted by atomic mass is 10.2. The fraction of sp³-hybridized carbons (Fsp3) is 0.231. The van der Waals surface area contributed by atoms with Crippen LogP contribution < -0.4 is 0 Å². The summed E-state index contributed by atoms with van der Waals surface area (Å²) in [5.41, 5.74) is 0.367. The Morgan fingerprint density at radius 3 is 2.75 bits per heavy atom. The van der Waals surface area contributed by atoms with Gasteiger partial charge in [0.2, 0.25) is 0 Å². The second-order valence-corrected chi connectivity index (χ2v) is 4.43. The summed E-state index contributed by atoms with van der Waals surface area (Å²) in [6.45, 7) is 3.46. The van der Waals surface area contributed by atoms with E-state index in [4.69, 9.17) is 16.3 Å². The van der Waals surface area contributed by atoms with Crippen molar-refractivity contribution in [2.45, 2.75) is 13.8 Å². The highest BCUT2D eigenvalue weighted by atomic mass is 35.5. The van der Waals surface area contributed by atoms with Crippen molar-refractivity contribution in [3.63, 3.8) is 0 Å². The van der Waals surface area contributed by atoms with Gasteiger partial charge in [0, 0.05) is 11.8 Å². The minimum Gasteiger partial charge on any atom is -0.461 e. The molecule has 2 rings (SSSR count). The highest BCUT2D eigenvalue weighted by Gasteiger charge is 2.20. The zero-order valence-electron chi connectivity index (χ0n) is 10.8. The van der Waals surface area contributed by atoms with Crippen molar-refractivity contribution in [1.29, 1.82) is 0 Å². The maximum absolute atomic E-state index is 13.8. The quantitative estimate of drug-likeness (QED) is 0.883. The van der Waals surface area contributed by atoms with Crippen molar-refractivity contribution in [3.8, 4) is 11.4 Å². The molecule has 7 heteroatoms. The van der Waals surface area contributed by atoms with Gasteiger partial charge in [-0.15, -0.1) is 0 Å². The molecule has 4 nitrogen and oxygen atoms in total. The van der Waals surface area contributed by atoms with E-state index in [1.165, 1.54) is 0 Å². The molecule has 0 saturated carbocycles. The molecule has 0 unspecified atom stereocenters. The van der Waals surface area contributed by atoms with Gasteiger partial charge in [-0.05, 0) is 19.9 Å². The van der Waals surface area contributed by atoms with E-state index in [1.807, 2.05) is 0 Å². The van der Waals surface area contributed by atoms with Gasteiger partial charge in [0.15, 0.2) is 5.69 Å². The van der Waals surface area contributed by atoms with Gasteiger partial charge < -0.3 is 9.72 Å². The number of aromatic amines is 1. The Kier molecular flexibility index (Phi) is 4.04. The van der Waals surface area contributed by atoms with E-state index in [0.717, 1.165) is 6.07 Å². The highest BCUT2D eigenvalue weighted by molar-refractivity contribution is 6.33. The van der Waals surface area contributed by atoms with Crippen LogP contribution in [0.2, 0.25) is 5.02 Å². The number of hydrogen-bond donors (Lipinski definition) is 1. The summed E-state index contributed by atoms with van der Waals surface area (Å²) in [5.74, 6) is -2.22. The van der Waals surface area contributed by atoms with Crippen LogP contribution >= 0.6 is 11.6 Å². The number of ether oxygens (including phenoxy) is 1. The largest absolute Gasteiger partial charge is 0.461 e. The Labute approximate surface area is 118 Å². The molecule has 1 N–H and O–H groups in total. The standard InChI is InChI=1S/C13H11ClF2N2O2/c1-3-20-13(19)11-6(2)17-12(18-11)10-8(14)4-7(15)5-9(10)16/h4-5H,3H2,1-2H3,(H,17,18). The van der Waals surface area contributed by atoms with Crippen LogP contribution in [-0.2, 0) is 4.74 Å². The molecule has 0 saturated heterocycles. The van der Waals surface area contributed by atoms with E-state index >= 15 is 0 Å². The summed E-state index contributed by atoms with van der Waals surface area (Å²) in [6.07, 6.45) is 0. The van der Waals surface area contributed by atoms with Crippen molar-refractivity contribution >= 4 is 17.6 Å². The molecule has 0 spiro atoms. The van der Waals surface area contributed by atoms with Crippen LogP contribution in [0, 0.1) is 18.6 Å². The number of aromatic nitrogens is 2. The average Bonchev–Trinajstić information content (AvgIpc) is 2.70. The van der Waals surface area contributed by atoms with E-state index in [0.29, 0.717) is 11.8 Å². The monoisotopic (exact) mass is 300 g/mol. The number of H-pyrrole nitrogens is 1. The minimum atomic E-state index is -0.862. The second-order valence-electron chi connectivity index (χ2n) is 4.02. The first-order valence-corrected chi connectivity index (χ1v) is 6.20. The Bertz CT molecular complexity index is 647. The maximum Gasteiger partial charge on any atom is 0.358 e. The summed E-state index contributed by atoms with van der Waals surface area (Å²) in [4.78, 5) is 18.4. The number of carbonyl (C=O) groups excluding carboxylic acids is 1. The van der Waals surface area contributed by atoms with Crippen LogP contribution in [0.5, 0.6) is 0 Å². The van der Waals surface area contributed by atoms with Crippen LogP contribution in [-0.4, -0.2) is 22.5 Å². The van der Waals surface area contributed by atoms with Gasteiger partial charge >= 0.3 is 5.97 Å². The molecule has 0 amide bonds. The molecule has 2 aromatic rings. The fourth-order valence-corrected chi connectivity index (χ4v) is 2.03. The van der Waals surface area contributed by atoms with Gasteiger partial charge in [-0.1, -0.05) is 11.6 Å². The second kappa shape index (κ2) is 5.58. The highest BCUT2D eigenvalue weighted by Crippen LogP contribution is 2.30. The summed E-state index contributed by atoms with van der Waals surface area (Å²) < 4.78 is 31.6. The molecule has 0 fully saturated rings. The van der Waals surface area contributed by atoms with E-state index in [2.05, 4.69) is 9.97 Å². The summed E-state index contributed by atoms with van der Waals surface area (Å²) >= 11 is 5.82. The SMILES string of the molecule is CCOC(=O)c1nc(-c2c(F)cc(F)cc2Cl)[nH]c1C. The van der Waals surface area contributed by atoms with Crippen molar-refractivity contribution in [1.82, 2.24) is 9.97 Å². The number of rotatable bonds is 3. The lowest BCUT2D eigenvalue weighted by Gasteiger charge is -2.02. The Morgan fingerprint density at radius 1 is 1.45 bits per heavy atom. The number of hydrogen-bond acceptors (Lipinski definition) is 3. The molecule has 1 heterocycles. The smallest absolute Gasteiger partial charge is 0.358 e. The van der Waals surface area contributed by atoms with Crippen LogP contribution in [0.4, 0.5) is 8.78 Å². The number of halogens is 3. The molecule has 1 aromatic heterocycles. The molecule has 1 aromatic carbocycles. The molecule has 0 aliphatic heterocycles. The zero-order valence-corrected chi connectivity index (χ0v) is 11.5. The Balaban J connectivity index is 2.50. The number of carbonyl (C=O) groups is 1.